The van der Waals surface area contributed by atoms with Gasteiger partial charge in [-0.25, -0.2) is 8.42 Å². The second-order valence-corrected chi connectivity index (χ2v) is 8.88. The molecule has 5 nitrogen and oxygen atoms in total. The predicted octanol–water partition coefficient (Wildman–Crippen LogP) is 3.97. The fourth-order valence-corrected chi connectivity index (χ4v) is 6.42. The maximum atomic E-state index is 13.3. The van der Waals surface area contributed by atoms with Gasteiger partial charge in [0.15, 0.2) is 5.76 Å². The van der Waals surface area contributed by atoms with Crippen molar-refractivity contribution in [2.45, 2.75) is 57.4 Å². The lowest BCUT2D eigenvalue weighted by atomic mass is 10.1. The highest BCUT2D eigenvalue weighted by Crippen LogP contribution is 2.39. The molecular formula is C16H22N2O3S2. The van der Waals surface area contributed by atoms with Crippen LogP contribution in [0, 0.1) is 20.8 Å². The van der Waals surface area contributed by atoms with Gasteiger partial charge in [-0.2, -0.15) is 4.31 Å². The van der Waals surface area contributed by atoms with E-state index in [9.17, 15) is 8.42 Å². The van der Waals surface area contributed by atoms with Crippen molar-refractivity contribution in [1.82, 2.24) is 9.46 Å². The second kappa shape index (κ2) is 6.37. The Balaban J connectivity index is 2.08. The molecule has 3 rings (SSSR count). The molecule has 0 saturated carbocycles. The SMILES string of the molecule is Cc1ccsc1[C@@H]1CCCCCN1S(=O)(=O)c1c(C)noc1C. The molecule has 0 radical (unpaired) electrons. The maximum Gasteiger partial charge on any atom is 0.249 e. The monoisotopic (exact) mass is 354 g/mol. The molecule has 7 heteroatoms. The molecule has 1 aliphatic heterocycles. The summed E-state index contributed by atoms with van der Waals surface area (Å²) in [6, 6.07) is 1.97. The van der Waals surface area contributed by atoms with Crippen molar-refractivity contribution < 1.29 is 12.9 Å². The lowest BCUT2D eigenvalue weighted by Gasteiger charge is -2.29. The predicted molar refractivity (Wildman–Crippen MR) is 90.1 cm³/mol. The van der Waals surface area contributed by atoms with Gasteiger partial charge in [0, 0.05) is 11.4 Å². The van der Waals surface area contributed by atoms with E-state index < -0.39 is 10.0 Å². The average molecular weight is 354 g/mol. The van der Waals surface area contributed by atoms with Gasteiger partial charge in [-0.1, -0.05) is 18.0 Å². The van der Waals surface area contributed by atoms with Crippen molar-refractivity contribution in [3.8, 4) is 0 Å². The van der Waals surface area contributed by atoms with E-state index in [4.69, 9.17) is 4.52 Å². The van der Waals surface area contributed by atoms with E-state index in [-0.39, 0.29) is 10.9 Å². The lowest BCUT2D eigenvalue weighted by Crippen LogP contribution is -2.35. The van der Waals surface area contributed by atoms with Crippen LogP contribution in [0.25, 0.3) is 0 Å². The number of hydrogen-bond donors (Lipinski definition) is 0. The molecule has 0 amide bonds. The van der Waals surface area contributed by atoms with Crippen molar-refractivity contribution in [3.05, 3.63) is 33.3 Å². The Labute approximate surface area is 141 Å². The highest BCUT2D eigenvalue weighted by molar-refractivity contribution is 7.89. The Morgan fingerprint density at radius 1 is 1.26 bits per heavy atom. The Morgan fingerprint density at radius 2 is 2.04 bits per heavy atom. The number of hydrogen-bond acceptors (Lipinski definition) is 5. The van der Waals surface area contributed by atoms with Gasteiger partial charge in [-0.15, -0.1) is 11.3 Å². The molecular weight excluding hydrogens is 332 g/mol. The number of aromatic nitrogens is 1. The molecule has 1 fully saturated rings. The summed E-state index contributed by atoms with van der Waals surface area (Å²) in [5.41, 5.74) is 1.61. The first-order chi connectivity index (χ1) is 10.9. The summed E-state index contributed by atoms with van der Waals surface area (Å²) < 4.78 is 33.4. The normalized spacial score (nSPS) is 20.6. The molecule has 0 unspecified atom stereocenters. The summed E-state index contributed by atoms with van der Waals surface area (Å²) in [6.07, 6.45) is 3.87. The fraction of sp³-hybridized carbons (Fsp3) is 0.562. The highest BCUT2D eigenvalue weighted by Gasteiger charge is 2.37. The van der Waals surface area contributed by atoms with Crippen LogP contribution in [0.2, 0.25) is 0 Å². The van der Waals surface area contributed by atoms with Crippen LogP contribution in [-0.2, 0) is 10.0 Å². The first-order valence-corrected chi connectivity index (χ1v) is 10.2. The first kappa shape index (κ1) is 16.7. The summed E-state index contributed by atoms with van der Waals surface area (Å²) in [7, 11) is -3.61. The maximum absolute atomic E-state index is 13.3. The number of nitrogens with zero attached hydrogens (tertiary/aromatic N) is 2. The van der Waals surface area contributed by atoms with Gasteiger partial charge in [-0.05, 0) is 50.6 Å². The van der Waals surface area contributed by atoms with E-state index in [0.717, 1.165) is 30.6 Å². The van der Waals surface area contributed by atoms with Crippen LogP contribution in [0.1, 0.15) is 53.6 Å². The minimum Gasteiger partial charge on any atom is -0.360 e. The van der Waals surface area contributed by atoms with Crippen LogP contribution in [0.5, 0.6) is 0 Å². The van der Waals surface area contributed by atoms with Crippen molar-refractivity contribution in [1.29, 1.82) is 0 Å². The molecule has 0 N–H and O–H groups in total. The first-order valence-electron chi connectivity index (χ1n) is 7.91. The van der Waals surface area contributed by atoms with E-state index in [2.05, 4.69) is 18.1 Å². The Morgan fingerprint density at radius 3 is 2.65 bits per heavy atom. The van der Waals surface area contributed by atoms with E-state index >= 15 is 0 Å². The molecule has 3 heterocycles. The zero-order chi connectivity index (χ0) is 16.6. The average Bonchev–Trinajstić information content (AvgIpc) is 2.96. The zero-order valence-corrected chi connectivity index (χ0v) is 15.3. The van der Waals surface area contributed by atoms with E-state index in [0.29, 0.717) is 18.0 Å². The van der Waals surface area contributed by atoms with Crippen LogP contribution in [0.4, 0.5) is 0 Å². The molecule has 1 saturated heterocycles. The third-order valence-electron chi connectivity index (χ3n) is 4.44. The van der Waals surface area contributed by atoms with Crippen LogP contribution < -0.4 is 0 Å². The number of rotatable bonds is 3. The summed E-state index contributed by atoms with van der Waals surface area (Å²) in [5.74, 6) is 0.369. The lowest BCUT2D eigenvalue weighted by molar-refractivity contribution is 0.331. The summed E-state index contributed by atoms with van der Waals surface area (Å²) >= 11 is 1.65. The largest absolute Gasteiger partial charge is 0.360 e. The summed E-state index contributed by atoms with van der Waals surface area (Å²) in [6.45, 7) is 5.95. The minimum atomic E-state index is -3.61. The molecule has 1 atom stereocenters. The standard InChI is InChI=1S/C16H22N2O3S2/c1-11-8-10-22-15(11)14-7-5-4-6-9-18(14)23(19,20)16-12(2)17-21-13(16)3/h8,10,14H,4-7,9H2,1-3H3/t14-/m0/s1. The third kappa shape index (κ3) is 2.97. The van der Waals surface area contributed by atoms with Crippen molar-refractivity contribution in [3.63, 3.8) is 0 Å². The quantitative estimate of drug-likeness (QED) is 0.837. The second-order valence-electron chi connectivity index (χ2n) is 6.10. The fourth-order valence-electron chi connectivity index (χ4n) is 3.32. The van der Waals surface area contributed by atoms with Gasteiger partial charge < -0.3 is 4.52 Å². The van der Waals surface area contributed by atoms with E-state index in [1.54, 1.807) is 29.5 Å². The van der Waals surface area contributed by atoms with Crippen molar-refractivity contribution in [2.75, 3.05) is 6.54 Å². The summed E-state index contributed by atoms with van der Waals surface area (Å²) in [5, 5.41) is 5.87. The van der Waals surface area contributed by atoms with Crippen LogP contribution in [0.3, 0.4) is 0 Å². The zero-order valence-electron chi connectivity index (χ0n) is 13.7. The molecule has 23 heavy (non-hydrogen) atoms. The molecule has 2 aromatic rings. The van der Waals surface area contributed by atoms with Crippen molar-refractivity contribution >= 4 is 21.4 Å². The van der Waals surface area contributed by atoms with Crippen LogP contribution in [0.15, 0.2) is 20.9 Å². The molecule has 126 valence electrons. The molecule has 1 aliphatic rings. The number of sulfonamides is 1. The Bertz CT molecular complexity index is 773. The van der Waals surface area contributed by atoms with Gasteiger partial charge >= 0.3 is 0 Å². The smallest absolute Gasteiger partial charge is 0.249 e. The molecule has 0 aromatic carbocycles. The Hall–Kier alpha value is -1.18. The molecule has 0 spiro atoms. The molecule has 2 aromatic heterocycles. The van der Waals surface area contributed by atoms with Gasteiger partial charge in [-0.3, -0.25) is 0 Å². The number of aryl methyl sites for hydroxylation is 3. The van der Waals surface area contributed by atoms with Gasteiger partial charge in [0.25, 0.3) is 0 Å². The highest BCUT2D eigenvalue weighted by atomic mass is 32.2. The third-order valence-corrected chi connectivity index (χ3v) is 7.72. The van der Waals surface area contributed by atoms with Crippen molar-refractivity contribution in [2.24, 2.45) is 0 Å². The Kier molecular flexibility index (Phi) is 4.62. The minimum absolute atomic E-state index is 0.0869. The van der Waals surface area contributed by atoms with Crippen LogP contribution in [-0.4, -0.2) is 24.4 Å². The summed E-state index contributed by atoms with van der Waals surface area (Å²) in [4.78, 5) is 1.39. The van der Waals surface area contributed by atoms with Gasteiger partial charge in [0.1, 0.15) is 10.6 Å². The van der Waals surface area contributed by atoms with Gasteiger partial charge in [0.05, 0.1) is 6.04 Å². The van der Waals surface area contributed by atoms with E-state index in [1.807, 2.05) is 5.38 Å². The van der Waals surface area contributed by atoms with Gasteiger partial charge in [0.2, 0.25) is 10.0 Å². The van der Waals surface area contributed by atoms with E-state index in [1.165, 1.54) is 5.56 Å². The molecule has 0 bridgehead atoms. The van der Waals surface area contributed by atoms with Crippen LogP contribution >= 0.6 is 11.3 Å². The molecule has 0 aliphatic carbocycles. The topological polar surface area (TPSA) is 63.4 Å². The number of thiophene rings is 1.